The van der Waals surface area contributed by atoms with Crippen LogP contribution in [0.2, 0.25) is 10.0 Å². The first kappa shape index (κ1) is 15.5. The van der Waals surface area contributed by atoms with Gasteiger partial charge in [-0.15, -0.1) is 3.89 Å². The molecule has 110 valence electrons. The molecule has 1 aromatic rings. The molecule has 8 heteroatoms. The van der Waals surface area contributed by atoms with Gasteiger partial charge in [0.2, 0.25) is 5.91 Å². The minimum atomic E-state index is -4.56. The van der Waals surface area contributed by atoms with Crippen LogP contribution >= 0.6 is 23.2 Å². The summed E-state index contributed by atoms with van der Waals surface area (Å²) in [5, 5.41) is 0.930. The zero-order valence-corrected chi connectivity index (χ0v) is 12.7. The molecule has 0 bridgehead atoms. The normalized spacial score (nSPS) is 19.6. The third-order valence-corrected chi connectivity index (χ3v) is 4.56. The molecule has 0 aliphatic carbocycles. The van der Waals surface area contributed by atoms with E-state index in [-0.39, 0.29) is 25.4 Å². The van der Waals surface area contributed by atoms with E-state index in [1.807, 2.05) is 0 Å². The molecule has 1 aliphatic rings. The van der Waals surface area contributed by atoms with Crippen molar-refractivity contribution in [3.63, 3.8) is 0 Å². The highest BCUT2D eigenvalue weighted by molar-refractivity contribution is 7.86. The minimum Gasteiger partial charge on any atom is -0.338 e. The van der Waals surface area contributed by atoms with Gasteiger partial charge in [0.1, 0.15) is 0 Å². The molecule has 0 spiro atoms. The van der Waals surface area contributed by atoms with Crippen molar-refractivity contribution in [3.05, 3.63) is 33.8 Å². The van der Waals surface area contributed by atoms with E-state index in [1.54, 1.807) is 18.2 Å². The van der Waals surface area contributed by atoms with E-state index < -0.39 is 21.9 Å². The van der Waals surface area contributed by atoms with E-state index in [9.17, 15) is 17.1 Å². The lowest BCUT2D eigenvalue weighted by Gasteiger charge is -2.17. The summed E-state index contributed by atoms with van der Waals surface area (Å²) in [6.07, 6.45) is 0.0361. The standard InChI is InChI=1S/C12H12Cl2FNO3S/c13-10-2-1-9(11(14)4-10)6-16-5-8(3-12(16)17)7-20(15,18)19/h1-2,4,8H,3,5-7H2. The third-order valence-electron chi connectivity index (χ3n) is 3.11. The summed E-state index contributed by atoms with van der Waals surface area (Å²) in [6, 6.07) is 4.94. The number of amides is 1. The maximum absolute atomic E-state index is 12.6. The van der Waals surface area contributed by atoms with Crippen LogP contribution in [0.15, 0.2) is 18.2 Å². The Labute approximate surface area is 126 Å². The van der Waals surface area contributed by atoms with E-state index in [0.29, 0.717) is 15.6 Å². The van der Waals surface area contributed by atoms with Crippen molar-refractivity contribution in [3.8, 4) is 0 Å². The van der Waals surface area contributed by atoms with Gasteiger partial charge in [0.15, 0.2) is 0 Å². The van der Waals surface area contributed by atoms with E-state index >= 15 is 0 Å². The summed E-state index contributed by atoms with van der Waals surface area (Å²) in [5.74, 6) is -1.34. The van der Waals surface area contributed by atoms with Crippen molar-refractivity contribution in [2.75, 3.05) is 12.3 Å². The predicted octanol–water partition coefficient (Wildman–Crippen LogP) is 2.64. The van der Waals surface area contributed by atoms with Crippen LogP contribution in [0.3, 0.4) is 0 Å². The van der Waals surface area contributed by atoms with Crippen molar-refractivity contribution in [1.29, 1.82) is 0 Å². The lowest BCUT2D eigenvalue weighted by molar-refractivity contribution is -0.128. The van der Waals surface area contributed by atoms with Crippen LogP contribution < -0.4 is 0 Å². The third kappa shape index (κ3) is 4.07. The molecule has 1 amide bonds. The molecule has 2 rings (SSSR count). The molecule has 1 fully saturated rings. The van der Waals surface area contributed by atoms with Crippen LogP contribution in [0.25, 0.3) is 0 Å². The molecular formula is C12H12Cl2FNO3S. The maximum Gasteiger partial charge on any atom is 0.302 e. The number of halogens is 3. The predicted molar refractivity (Wildman–Crippen MR) is 74.9 cm³/mol. The molecule has 0 radical (unpaired) electrons. The van der Waals surface area contributed by atoms with Gasteiger partial charge in [-0.05, 0) is 17.7 Å². The van der Waals surface area contributed by atoms with Gasteiger partial charge in [0, 0.05) is 35.5 Å². The maximum atomic E-state index is 12.6. The molecule has 20 heavy (non-hydrogen) atoms. The van der Waals surface area contributed by atoms with Crippen molar-refractivity contribution in [2.24, 2.45) is 5.92 Å². The fourth-order valence-corrected chi connectivity index (χ4v) is 3.51. The van der Waals surface area contributed by atoms with E-state index in [1.165, 1.54) is 4.90 Å². The SMILES string of the molecule is O=C1CC(CS(=O)(=O)F)CN1Cc1ccc(Cl)cc1Cl. The molecule has 0 aromatic heterocycles. The van der Waals surface area contributed by atoms with Crippen LogP contribution in [0.5, 0.6) is 0 Å². The lowest BCUT2D eigenvalue weighted by Crippen LogP contribution is -2.25. The summed E-state index contributed by atoms with van der Waals surface area (Å²) in [5.41, 5.74) is 0.716. The summed E-state index contributed by atoms with van der Waals surface area (Å²) in [7, 11) is -4.56. The second kappa shape index (κ2) is 5.87. The van der Waals surface area contributed by atoms with E-state index in [0.717, 1.165) is 0 Å². The highest BCUT2D eigenvalue weighted by Crippen LogP contribution is 2.26. The topological polar surface area (TPSA) is 54.5 Å². The molecule has 1 aliphatic heterocycles. The molecule has 0 N–H and O–H groups in total. The minimum absolute atomic E-state index is 0.0361. The molecule has 1 saturated heterocycles. The van der Waals surface area contributed by atoms with E-state index in [4.69, 9.17) is 23.2 Å². The van der Waals surface area contributed by atoms with Crippen molar-refractivity contribution < 1.29 is 17.1 Å². The number of carbonyl (C=O) groups is 1. The Balaban J connectivity index is 2.05. The zero-order valence-electron chi connectivity index (χ0n) is 10.4. The Hall–Kier alpha value is -0.850. The summed E-state index contributed by atoms with van der Waals surface area (Å²) in [6.45, 7) is 0.471. The molecule has 1 unspecified atom stereocenters. The van der Waals surface area contributed by atoms with Gasteiger partial charge in [-0.2, -0.15) is 8.42 Å². The van der Waals surface area contributed by atoms with E-state index in [2.05, 4.69) is 0 Å². The number of rotatable bonds is 4. The Bertz CT molecular complexity index is 636. The fourth-order valence-electron chi connectivity index (χ4n) is 2.26. The average Bonchev–Trinajstić information content (AvgIpc) is 2.60. The Morgan fingerprint density at radius 2 is 2.05 bits per heavy atom. The first-order chi connectivity index (χ1) is 9.24. The molecule has 1 aromatic carbocycles. The van der Waals surface area contributed by atoms with Crippen LogP contribution in [0, 0.1) is 5.92 Å². The van der Waals surface area contributed by atoms with Crippen LogP contribution in [-0.4, -0.2) is 31.5 Å². The fraction of sp³-hybridized carbons (Fsp3) is 0.417. The van der Waals surface area contributed by atoms with Gasteiger partial charge in [0.05, 0.1) is 5.75 Å². The number of benzene rings is 1. The number of nitrogens with zero attached hydrogens (tertiary/aromatic N) is 1. The first-order valence-electron chi connectivity index (χ1n) is 5.88. The summed E-state index contributed by atoms with van der Waals surface area (Å²) >= 11 is 11.8. The van der Waals surface area contributed by atoms with Crippen LogP contribution in [0.1, 0.15) is 12.0 Å². The monoisotopic (exact) mass is 339 g/mol. The number of likely N-dealkylation sites (tertiary alicyclic amines) is 1. The van der Waals surface area contributed by atoms with Crippen molar-refractivity contribution >= 4 is 39.3 Å². The summed E-state index contributed by atoms with van der Waals surface area (Å²) < 4.78 is 33.9. The Morgan fingerprint density at radius 3 is 2.65 bits per heavy atom. The van der Waals surface area contributed by atoms with Gasteiger partial charge >= 0.3 is 10.2 Å². The van der Waals surface area contributed by atoms with Gasteiger partial charge in [0.25, 0.3) is 0 Å². The van der Waals surface area contributed by atoms with Gasteiger partial charge in [-0.1, -0.05) is 29.3 Å². The lowest BCUT2D eigenvalue weighted by atomic mass is 10.1. The van der Waals surface area contributed by atoms with Gasteiger partial charge < -0.3 is 4.90 Å². The number of hydrogen-bond donors (Lipinski definition) is 0. The quantitative estimate of drug-likeness (QED) is 0.792. The second-order valence-corrected chi connectivity index (χ2v) is 7.04. The Kier molecular flexibility index (Phi) is 4.56. The van der Waals surface area contributed by atoms with Crippen LogP contribution in [0.4, 0.5) is 3.89 Å². The number of carbonyl (C=O) groups excluding carboxylic acids is 1. The van der Waals surface area contributed by atoms with Gasteiger partial charge in [-0.25, -0.2) is 0 Å². The molecule has 1 heterocycles. The Morgan fingerprint density at radius 1 is 1.35 bits per heavy atom. The largest absolute Gasteiger partial charge is 0.338 e. The smallest absolute Gasteiger partial charge is 0.302 e. The molecule has 4 nitrogen and oxygen atoms in total. The molecule has 0 saturated carbocycles. The van der Waals surface area contributed by atoms with Crippen molar-refractivity contribution in [1.82, 2.24) is 4.90 Å². The zero-order chi connectivity index (χ0) is 14.9. The average molecular weight is 340 g/mol. The van der Waals surface area contributed by atoms with Crippen LogP contribution in [-0.2, 0) is 21.6 Å². The van der Waals surface area contributed by atoms with Crippen molar-refractivity contribution in [2.45, 2.75) is 13.0 Å². The van der Waals surface area contributed by atoms with Gasteiger partial charge in [-0.3, -0.25) is 4.79 Å². The summed E-state index contributed by atoms with van der Waals surface area (Å²) in [4.78, 5) is 13.3. The highest BCUT2D eigenvalue weighted by atomic mass is 35.5. The molecular weight excluding hydrogens is 328 g/mol. The number of hydrogen-bond acceptors (Lipinski definition) is 3. The highest BCUT2D eigenvalue weighted by Gasteiger charge is 2.32. The second-order valence-electron chi connectivity index (χ2n) is 4.79. The first-order valence-corrected chi connectivity index (χ1v) is 8.19. The molecule has 1 atom stereocenters.